The molecule has 3 heterocycles. The van der Waals surface area contributed by atoms with E-state index in [0.29, 0.717) is 36.3 Å². The van der Waals surface area contributed by atoms with Gasteiger partial charge < -0.3 is 14.2 Å². The van der Waals surface area contributed by atoms with E-state index in [1.54, 1.807) is 38.1 Å². The third kappa shape index (κ3) is 7.87. The Hall–Kier alpha value is -3.13. The number of carbonyl (C=O) groups is 2. The maximum absolute atomic E-state index is 13.8. The molecule has 2 aliphatic heterocycles. The van der Waals surface area contributed by atoms with Crippen LogP contribution in [0.1, 0.15) is 71.3 Å². The molecule has 0 spiro atoms. The molecule has 0 aliphatic carbocycles. The lowest BCUT2D eigenvalue weighted by Gasteiger charge is -2.34. The lowest BCUT2D eigenvalue weighted by Crippen LogP contribution is -2.50. The van der Waals surface area contributed by atoms with E-state index in [4.69, 9.17) is 39.4 Å². The summed E-state index contributed by atoms with van der Waals surface area (Å²) in [5.41, 5.74) is -3.01. The average molecular weight is 684 g/mol. The van der Waals surface area contributed by atoms with Crippen LogP contribution in [-0.2, 0) is 41.9 Å². The summed E-state index contributed by atoms with van der Waals surface area (Å²) in [7, 11) is -4.30. The largest absolute Gasteiger partial charge is 0.475 e. The zero-order chi connectivity index (χ0) is 33.6. The van der Waals surface area contributed by atoms with Crippen LogP contribution in [0.2, 0.25) is 5.02 Å². The molecule has 4 rings (SSSR count). The molecule has 2 fully saturated rings. The molecule has 0 amide bonds. The van der Waals surface area contributed by atoms with E-state index >= 15 is 0 Å². The second-order valence-electron chi connectivity index (χ2n) is 11.1. The number of phosphoric ester groups is 1. The Morgan fingerprint density at radius 2 is 1.91 bits per heavy atom. The third-order valence-electron chi connectivity index (χ3n) is 8.11. The number of rotatable bonds is 13. The molecule has 2 aromatic rings. The fourth-order valence-electron chi connectivity index (χ4n) is 5.10. The fraction of sp³-hybridized carbons (Fsp3) is 0.567. The molecule has 7 atom stereocenters. The van der Waals surface area contributed by atoms with E-state index in [9.17, 15) is 23.7 Å². The van der Waals surface area contributed by atoms with Crippen molar-refractivity contribution < 1.29 is 41.9 Å². The monoisotopic (exact) mass is 683 g/mol. The minimum Gasteiger partial charge on any atom is -0.453 e. The van der Waals surface area contributed by atoms with Gasteiger partial charge in [-0.3, -0.25) is 42.5 Å². The molecule has 14 nitrogen and oxygen atoms in total. The minimum absolute atomic E-state index is 0.0152. The SMILES string of the molecule is C=N[C@]1(COP2(=O)OCC[C@@H](c3cccc(Cl)c3)O2)O[C@@H](n2ccc(=O)[nH]c2=O)[C@H](OC(=O)C(CC)CC)[C@@H]1OC(=O)C(C)CC. The summed E-state index contributed by atoms with van der Waals surface area (Å²) >= 11 is 6.14. The van der Waals surface area contributed by atoms with Crippen molar-refractivity contribution in [3.8, 4) is 0 Å². The highest BCUT2D eigenvalue weighted by atomic mass is 35.5. The van der Waals surface area contributed by atoms with Crippen LogP contribution in [0.3, 0.4) is 0 Å². The summed E-state index contributed by atoms with van der Waals surface area (Å²) in [6.07, 6.45) is -2.39. The highest BCUT2D eigenvalue weighted by molar-refractivity contribution is 7.48. The Bertz CT molecular complexity index is 1580. The molecular formula is C30H39ClN3O11P. The molecular weight excluding hydrogens is 645 g/mol. The number of nitrogens with zero attached hydrogens (tertiary/aromatic N) is 2. The van der Waals surface area contributed by atoms with Crippen LogP contribution in [0.5, 0.6) is 0 Å². The van der Waals surface area contributed by atoms with E-state index in [1.165, 1.54) is 0 Å². The number of esters is 2. The van der Waals surface area contributed by atoms with Gasteiger partial charge in [-0.2, -0.15) is 0 Å². The maximum Gasteiger partial charge on any atom is 0.475 e. The van der Waals surface area contributed by atoms with Gasteiger partial charge in [0.15, 0.2) is 18.4 Å². The second-order valence-corrected chi connectivity index (χ2v) is 13.2. The van der Waals surface area contributed by atoms with Crippen LogP contribution in [0.25, 0.3) is 0 Å². The number of hydrogen-bond donors (Lipinski definition) is 1. The van der Waals surface area contributed by atoms with Crippen LogP contribution in [0, 0.1) is 11.8 Å². The first-order valence-corrected chi connectivity index (χ1v) is 16.9. The zero-order valence-corrected chi connectivity index (χ0v) is 27.7. The molecule has 252 valence electrons. The highest BCUT2D eigenvalue weighted by Crippen LogP contribution is 2.58. The number of aliphatic imine (C=N–C) groups is 1. The summed E-state index contributed by atoms with van der Waals surface area (Å²) in [6.45, 7) is 9.97. The van der Waals surface area contributed by atoms with Crippen molar-refractivity contribution in [2.45, 2.75) is 83.6 Å². The van der Waals surface area contributed by atoms with E-state index in [2.05, 4.69) is 16.7 Å². The molecule has 46 heavy (non-hydrogen) atoms. The van der Waals surface area contributed by atoms with E-state index in [0.717, 1.165) is 16.8 Å². The summed E-state index contributed by atoms with van der Waals surface area (Å²) in [6, 6.07) is 7.91. The zero-order valence-electron chi connectivity index (χ0n) is 26.1. The van der Waals surface area contributed by atoms with Crippen molar-refractivity contribution in [2.24, 2.45) is 16.8 Å². The van der Waals surface area contributed by atoms with Gasteiger partial charge in [0.2, 0.25) is 5.72 Å². The van der Waals surface area contributed by atoms with Crippen LogP contribution in [-0.4, -0.2) is 59.4 Å². The number of phosphoric acid groups is 1. The van der Waals surface area contributed by atoms with Crippen molar-refractivity contribution in [2.75, 3.05) is 13.2 Å². The van der Waals surface area contributed by atoms with Crippen LogP contribution in [0.15, 0.2) is 51.1 Å². The van der Waals surface area contributed by atoms with Crippen molar-refractivity contribution in [1.29, 1.82) is 0 Å². The Morgan fingerprint density at radius 3 is 2.54 bits per heavy atom. The Balaban J connectivity index is 1.74. The normalized spacial score (nSPS) is 28.5. The summed E-state index contributed by atoms with van der Waals surface area (Å²) in [5, 5.41) is 0.459. The van der Waals surface area contributed by atoms with Crippen molar-refractivity contribution in [3.63, 3.8) is 0 Å². The molecule has 16 heteroatoms. The summed E-state index contributed by atoms with van der Waals surface area (Å²) in [5.74, 6) is -2.43. The predicted molar refractivity (Wildman–Crippen MR) is 166 cm³/mol. The Kier molecular flexibility index (Phi) is 11.8. The minimum atomic E-state index is -4.30. The first kappa shape index (κ1) is 35.7. The molecule has 1 N–H and O–H groups in total. The summed E-state index contributed by atoms with van der Waals surface area (Å²) < 4.78 is 49.7. The molecule has 0 saturated carbocycles. The van der Waals surface area contributed by atoms with Gasteiger partial charge in [-0.25, -0.2) is 9.36 Å². The van der Waals surface area contributed by atoms with E-state index in [-0.39, 0.29) is 6.61 Å². The number of benzene rings is 1. The molecule has 1 aromatic heterocycles. The smallest absolute Gasteiger partial charge is 0.453 e. The number of halogens is 1. The number of ether oxygens (including phenoxy) is 3. The summed E-state index contributed by atoms with van der Waals surface area (Å²) in [4.78, 5) is 57.6. The molecule has 1 aromatic carbocycles. The molecule has 2 aliphatic rings. The maximum atomic E-state index is 13.8. The van der Waals surface area contributed by atoms with E-state index < -0.39 is 79.7 Å². The number of aromatic amines is 1. The topological polar surface area (TPSA) is 174 Å². The first-order chi connectivity index (χ1) is 21.9. The van der Waals surface area contributed by atoms with Crippen molar-refractivity contribution in [3.05, 3.63) is 68.0 Å². The highest BCUT2D eigenvalue weighted by Gasteiger charge is 2.62. The van der Waals surface area contributed by atoms with Crippen molar-refractivity contribution >= 4 is 38.1 Å². The standard InChI is InChI=1S/C30H39ClN3O11P/c1-6-18(4)27(36)43-25-24(42-28(37)19(7-2)8-3)26(34-14-12-23(35)33-29(34)38)44-30(25,32-5)17-41-46(39)40-15-13-22(45-46)20-10-9-11-21(31)16-20/h9-12,14,16,18-19,22,24-26H,5-8,13,15,17H2,1-4H3,(H,33,35,38)/t18?,22-,24+,25-,26+,30+,46?/m0/s1. The predicted octanol–water partition coefficient (Wildman–Crippen LogP) is 4.72. The van der Waals surface area contributed by atoms with E-state index in [1.807, 2.05) is 13.8 Å². The number of hydrogen-bond acceptors (Lipinski definition) is 12. The quantitative estimate of drug-likeness (QED) is 0.176. The van der Waals surface area contributed by atoms with Gasteiger partial charge in [0.05, 0.1) is 24.5 Å². The third-order valence-corrected chi connectivity index (χ3v) is 9.80. The first-order valence-electron chi connectivity index (χ1n) is 15.1. The number of aromatic nitrogens is 2. The van der Waals surface area contributed by atoms with Gasteiger partial charge in [-0.15, -0.1) is 0 Å². The van der Waals surface area contributed by atoms with Crippen LogP contribution < -0.4 is 11.2 Å². The average Bonchev–Trinajstić information content (AvgIpc) is 3.32. The van der Waals surface area contributed by atoms with Gasteiger partial charge in [0.1, 0.15) is 6.61 Å². The number of carbonyl (C=O) groups excluding carboxylic acids is 2. The second kappa shape index (κ2) is 15.2. The van der Waals surface area contributed by atoms with Gasteiger partial charge >= 0.3 is 25.5 Å². The number of nitrogens with one attached hydrogen (secondary N) is 1. The molecule has 0 radical (unpaired) electrons. The fourth-order valence-corrected chi connectivity index (χ4v) is 6.71. The van der Waals surface area contributed by atoms with Crippen molar-refractivity contribution in [1.82, 2.24) is 9.55 Å². The number of H-pyrrole nitrogens is 1. The lowest BCUT2D eigenvalue weighted by molar-refractivity contribution is -0.178. The lowest BCUT2D eigenvalue weighted by atomic mass is 10.0. The molecule has 0 bridgehead atoms. The Morgan fingerprint density at radius 1 is 1.17 bits per heavy atom. The molecule has 2 saturated heterocycles. The van der Waals surface area contributed by atoms with Crippen LogP contribution >= 0.6 is 19.4 Å². The van der Waals surface area contributed by atoms with Crippen LogP contribution in [0.4, 0.5) is 0 Å². The van der Waals surface area contributed by atoms with Gasteiger partial charge in [0.25, 0.3) is 5.56 Å². The van der Waals surface area contributed by atoms with Gasteiger partial charge in [0, 0.05) is 23.7 Å². The van der Waals surface area contributed by atoms with Gasteiger partial charge in [-0.1, -0.05) is 51.4 Å². The Labute approximate surface area is 271 Å². The molecule has 2 unspecified atom stereocenters. The van der Waals surface area contributed by atoms with Gasteiger partial charge in [-0.05, 0) is 43.7 Å².